The number of benzene rings is 1. The highest BCUT2D eigenvalue weighted by Crippen LogP contribution is 2.37. The third-order valence-electron chi connectivity index (χ3n) is 4.49. The molecule has 0 fully saturated rings. The molecular weight excluding hydrogens is 300 g/mol. The molecule has 130 valence electrons. The molecule has 2 aromatic rings. The van der Waals surface area contributed by atoms with Crippen molar-refractivity contribution in [2.45, 2.75) is 45.1 Å². The average Bonchev–Trinajstić information content (AvgIpc) is 3.15. The van der Waals surface area contributed by atoms with Gasteiger partial charge in [-0.15, -0.1) is 0 Å². The highest BCUT2D eigenvalue weighted by atomic mass is 16.5. The first kappa shape index (κ1) is 18.3. The second-order valence-electron chi connectivity index (χ2n) is 6.17. The van der Waals surface area contributed by atoms with Crippen LogP contribution in [0.25, 0.3) is 5.57 Å². The fourth-order valence-corrected chi connectivity index (χ4v) is 2.99. The Balaban J connectivity index is 2.14. The summed E-state index contributed by atoms with van der Waals surface area (Å²) in [6, 6.07) is 11.5. The quantitative estimate of drug-likeness (QED) is 0.575. The summed E-state index contributed by atoms with van der Waals surface area (Å²) in [4.78, 5) is 0. The van der Waals surface area contributed by atoms with Gasteiger partial charge in [0.15, 0.2) is 0 Å². The van der Waals surface area contributed by atoms with Crippen LogP contribution in [0.2, 0.25) is 0 Å². The maximum atomic E-state index is 10.8. The molecular formula is C21H28O3. The molecule has 3 heteroatoms. The zero-order valence-corrected chi connectivity index (χ0v) is 14.7. The van der Waals surface area contributed by atoms with Gasteiger partial charge in [-0.05, 0) is 41.8 Å². The lowest BCUT2D eigenvalue weighted by molar-refractivity contribution is 0.106. The number of unbranched alkanes of at least 4 members (excludes halogenated alkanes) is 3. The number of hydrogen-bond donors (Lipinski definition) is 1. The zero-order valence-electron chi connectivity index (χ0n) is 14.7. The number of furan rings is 1. The maximum Gasteiger partial charge on any atom is 0.132 e. The van der Waals surface area contributed by atoms with Gasteiger partial charge in [0.25, 0.3) is 0 Å². The smallest absolute Gasteiger partial charge is 0.132 e. The van der Waals surface area contributed by atoms with Crippen molar-refractivity contribution in [3.63, 3.8) is 0 Å². The lowest BCUT2D eigenvalue weighted by atomic mass is 9.84. The Bertz CT molecular complexity index is 599. The minimum absolute atomic E-state index is 0.0543. The number of ether oxygens (including phenoxy) is 1. The second kappa shape index (κ2) is 9.33. The molecule has 1 N–H and O–H groups in total. The van der Waals surface area contributed by atoms with Gasteiger partial charge in [-0.25, -0.2) is 0 Å². The molecule has 3 nitrogen and oxygen atoms in total. The number of aliphatic hydroxyl groups is 1. The van der Waals surface area contributed by atoms with Crippen LogP contribution in [0.3, 0.4) is 0 Å². The second-order valence-corrected chi connectivity index (χ2v) is 6.17. The van der Waals surface area contributed by atoms with Crippen molar-refractivity contribution in [3.05, 3.63) is 60.6 Å². The summed E-state index contributed by atoms with van der Waals surface area (Å²) in [5.41, 5.74) is 1.97. The van der Waals surface area contributed by atoms with E-state index in [1.54, 1.807) is 13.4 Å². The molecule has 0 spiro atoms. The minimum atomic E-state index is -0.670. The van der Waals surface area contributed by atoms with E-state index in [1.807, 2.05) is 36.4 Å². The van der Waals surface area contributed by atoms with Gasteiger partial charge in [-0.2, -0.15) is 0 Å². The van der Waals surface area contributed by atoms with Crippen molar-refractivity contribution in [2.24, 2.45) is 5.92 Å². The molecule has 0 saturated heterocycles. The molecule has 24 heavy (non-hydrogen) atoms. The molecule has 1 aromatic carbocycles. The van der Waals surface area contributed by atoms with E-state index in [1.165, 1.54) is 19.3 Å². The van der Waals surface area contributed by atoms with Gasteiger partial charge in [0.2, 0.25) is 0 Å². The summed E-state index contributed by atoms with van der Waals surface area (Å²) < 4.78 is 10.6. The molecule has 0 aliphatic heterocycles. The van der Waals surface area contributed by atoms with E-state index in [2.05, 4.69) is 13.5 Å². The number of rotatable bonds is 10. The first-order valence-electron chi connectivity index (χ1n) is 8.72. The van der Waals surface area contributed by atoms with Crippen molar-refractivity contribution in [2.75, 3.05) is 7.11 Å². The van der Waals surface area contributed by atoms with Crippen molar-refractivity contribution >= 4 is 5.57 Å². The molecule has 2 atom stereocenters. The van der Waals surface area contributed by atoms with Crippen LogP contribution in [-0.4, -0.2) is 12.2 Å². The largest absolute Gasteiger partial charge is 0.497 e. The first-order chi connectivity index (χ1) is 11.7. The Morgan fingerprint density at radius 1 is 1.17 bits per heavy atom. The standard InChI is InChI=1S/C21H28O3/c1-4-5-6-7-9-19(21(22)20-10-8-15-24-20)16(2)17-11-13-18(23-3)14-12-17/h8,10-15,19,21-22H,2,4-7,9H2,1,3H3/t19-,21+/m1/s1. The van der Waals surface area contributed by atoms with Gasteiger partial charge in [0, 0.05) is 5.92 Å². The van der Waals surface area contributed by atoms with Crippen LogP contribution in [0.4, 0.5) is 0 Å². The Morgan fingerprint density at radius 3 is 2.50 bits per heavy atom. The Morgan fingerprint density at radius 2 is 1.92 bits per heavy atom. The van der Waals surface area contributed by atoms with Crippen LogP contribution in [0, 0.1) is 5.92 Å². The molecule has 0 aliphatic rings. The fraction of sp³-hybridized carbons (Fsp3) is 0.429. The highest BCUT2D eigenvalue weighted by Gasteiger charge is 2.26. The zero-order chi connectivity index (χ0) is 17.4. The summed E-state index contributed by atoms with van der Waals surface area (Å²) in [5, 5.41) is 10.8. The Labute approximate surface area is 145 Å². The van der Waals surface area contributed by atoms with Crippen LogP contribution in [0.5, 0.6) is 5.75 Å². The van der Waals surface area contributed by atoms with Gasteiger partial charge in [0.05, 0.1) is 13.4 Å². The third kappa shape index (κ3) is 4.75. The van der Waals surface area contributed by atoms with Crippen LogP contribution >= 0.6 is 0 Å². The van der Waals surface area contributed by atoms with E-state index in [9.17, 15) is 5.11 Å². The van der Waals surface area contributed by atoms with Gasteiger partial charge in [0.1, 0.15) is 17.6 Å². The van der Waals surface area contributed by atoms with Crippen molar-refractivity contribution in [1.82, 2.24) is 0 Å². The number of hydrogen-bond acceptors (Lipinski definition) is 3. The van der Waals surface area contributed by atoms with Crippen LogP contribution in [0.15, 0.2) is 53.7 Å². The predicted octanol–water partition coefficient (Wildman–Crippen LogP) is 5.62. The number of methoxy groups -OCH3 is 1. The van der Waals surface area contributed by atoms with E-state index in [0.717, 1.165) is 29.7 Å². The SMILES string of the molecule is C=C(c1ccc(OC)cc1)[C@@H](CCCCCC)[C@H](O)c1ccco1. The van der Waals surface area contributed by atoms with E-state index in [4.69, 9.17) is 9.15 Å². The summed E-state index contributed by atoms with van der Waals surface area (Å²) in [5.74, 6) is 1.36. The van der Waals surface area contributed by atoms with Gasteiger partial charge < -0.3 is 14.3 Å². The van der Waals surface area contributed by atoms with E-state index in [-0.39, 0.29) is 5.92 Å². The van der Waals surface area contributed by atoms with Crippen LogP contribution < -0.4 is 4.74 Å². The molecule has 0 radical (unpaired) electrons. The molecule has 1 heterocycles. The lowest BCUT2D eigenvalue weighted by Crippen LogP contribution is -2.14. The summed E-state index contributed by atoms with van der Waals surface area (Å²) in [6.45, 7) is 6.47. The minimum Gasteiger partial charge on any atom is -0.497 e. The maximum absolute atomic E-state index is 10.8. The van der Waals surface area contributed by atoms with Gasteiger partial charge >= 0.3 is 0 Å². The highest BCUT2D eigenvalue weighted by molar-refractivity contribution is 5.66. The molecule has 1 aromatic heterocycles. The van der Waals surface area contributed by atoms with E-state index < -0.39 is 6.10 Å². The van der Waals surface area contributed by atoms with Gasteiger partial charge in [-0.3, -0.25) is 0 Å². The van der Waals surface area contributed by atoms with Crippen molar-refractivity contribution < 1.29 is 14.3 Å². The monoisotopic (exact) mass is 328 g/mol. The Hall–Kier alpha value is -2.00. The van der Waals surface area contributed by atoms with E-state index in [0.29, 0.717) is 5.76 Å². The topological polar surface area (TPSA) is 42.6 Å². The summed E-state index contributed by atoms with van der Waals surface area (Å²) >= 11 is 0. The molecule has 2 rings (SSSR count). The normalized spacial score (nSPS) is 13.5. The molecule has 0 unspecified atom stereocenters. The predicted molar refractivity (Wildman–Crippen MR) is 97.9 cm³/mol. The lowest BCUT2D eigenvalue weighted by Gasteiger charge is -2.24. The molecule has 0 aliphatic carbocycles. The molecule has 0 amide bonds. The third-order valence-corrected chi connectivity index (χ3v) is 4.49. The van der Waals surface area contributed by atoms with Gasteiger partial charge in [-0.1, -0.05) is 51.3 Å². The fourth-order valence-electron chi connectivity index (χ4n) is 2.99. The van der Waals surface area contributed by atoms with Crippen LogP contribution in [0.1, 0.15) is 56.5 Å². The van der Waals surface area contributed by atoms with Crippen molar-refractivity contribution in [1.29, 1.82) is 0 Å². The summed E-state index contributed by atoms with van der Waals surface area (Å²) in [6.07, 6.45) is 6.49. The number of aliphatic hydroxyl groups excluding tert-OH is 1. The molecule has 0 bridgehead atoms. The molecule has 0 saturated carbocycles. The Kier molecular flexibility index (Phi) is 7.13. The van der Waals surface area contributed by atoms with Crippen LogP contribution in [-0.2, 0) is 0 Å². The van der Waals surface area contributed by atoms with Crippen molar-refractivity contribution in [3.8, 4) is 5.75 Å². The first-order valence-corrected chi connectivity index (χ1v) is 8.72. The van der Waals surface area contributed by atoms with E-state index >= 15 is 0 Å². The summed E-state index contributed by atoms with van der Waals surface area (Å²) in [7, 11) is 1.65. The average molecular weight is 328 g/mol.